The molecule has 0 bridgehead atoms. The number of nitrogens with zero attached hydrogens (tertiary/aromatic N) is 1. The molecular formula is C21H25NO6. The molecule has 1 aliphatic rings. The van der Waals surface area contributed by atoms with Crippen LogP contribution in [0.3, 0.4) is 0 Å². The van der Waals surface area contributed by atoms with Crippen molar-refractivity contribution in [3.05, 3.63) is 45.7 Å². The van der Waals surface area contributed by atoms with Crippen LogP contribution in [0.1, 0.15) is 35.8 Å². The molecule has 1 aliphatic heterocycles. The number of carbonyl (C=O) groups is 1. The highest BCUT2D eigenvalue weighted by molar-refractivity contribution is 5.87. The third-order valence-electron chi connectivity index (χ3n) is 5.08. The Balaban J connectivity index is 2.17. The molecular weight excluding hydrogens is 362 g/mol. The zero-order chi connectivity index (χ0) is 20.4. The van der Waals surface area contributed by atoms with Gasteiger partial charge in [-0.05, 0) is 30.0 Å². The number of benzene rings is 1. The van der Waals surface area contributed by atoms with Gasteiger partial charge in [-0.2, -0.15) is 0 Å². The SMILES string of the molecule is COCCOc1cc2c(cc1OC)-c1cc(=O)c(C(=O)O)cn1C(C(C)C)C2. The van der Waals surface area contributed by atoms with Crippen LogP contribution in [0.5, 0.6) is 11.5 Å². The molecule has 2 aromatic rings. The van der Waals surface area contributed by atoms with Crippen molar-refractivity contribution in [3.8, 4) is 22.8 Å². The molecule has 7 heteroatoms. The van der Waals surface area contributed by atoms with Crippen molar-refractivity contribution >= 4 is 5.97 Å². The van der Waals surface area contributed by atoms with Crippen molar-refractivity contribution in [1.82, 2.24) is 4.57 Å². The smallest absolute Gasteiger partial charge is 0.341 e. The summed E-state index contributed by atoms with van der Waals surface area (Å²) in [5, 5.41) is 9.35. The zero-order valence-electron chi connectivity index (χ0n) is 16.5. The first kappa shape index (κ1) is 19.9. The molecule has 7 nitrogen and oxygen atoms in total. The van der Waals surface area contributed by atoms with E-state index in [0.717, 1.165) is 11.1 Å². The second kappa shape index (κ2) is 8.06. The van der Waals surface area contributed by atoms with Gasteiger partial charge in [-0.25, -0.2) is 4.79 Å². The molecule has 1 unspecified atom stereocenters. The number of pyridine rings is 1. The van der Waals surface area contributed by atoms with E-state index in [9.17, 15) is 14.7 Å². The molecule has 0 aliphatic carbocycles. The summed E-state index contributed by atoms with van der Waals surface area (Å²) in [7, 11) is 3.17. The van der Waals surface area contributed by atoms with E-state index in [-0.39, 0.29) is 17.5 Å². The second-order valence-corrected chi connectivity index (χ2v) is 7.17. The van der Waals surface area contributed by atoms with Crippen LogP contribution >= 0.6 is 0 Å². The minimum absolute atomic E-state index is 0.0291. The summed E-state index contributed by atoms with van der Waals surface area (Å²) < 4.78 is 18.2. The zero-order valence-corrected chi connectivity index (χ0v) is 16.5. The van der Waals surface area contributed by atoms with E-state index >= 15 is 0 Å². The fourth-order valence-corrected chi connectivity index (χ4v) is 3.60. The Hall–Kier alpha value is -2.80. The summed E-state index contributed by atoms with van der Waals surface area (Å²) in [5.74, 6) is 0.210. The molecule has 0 spiro atoms. The normalized spacial score (nSPS) is 15.1. The van der Waals surface area contributed by atoms with Crippen LogP contribution in [-0.2, 0) is 11.2 Å². The molecule has 1 aromatic carbocycles. The van der Waals surface area contributed by atoms with E-state index in [0.29, 0.717) is 36.8 Å². The number of aromatic nitrogens is 1. The van der Waals surface area contributed by atoms with Gasteiger partial charge in [0.25, 0.3) is 0 Å². The van der Waals surface area contributed by atoms with Gasteiger partial charge >= 0.3 is 5.97 Å². The minimum Gasteiger partial charge on any atom is -0.493 e. The maximum absolute atomic E-state index is 12.4. The van der Waals surface area contributed by atoms with Gasteiger partial charge in [-0.1, -0.05) is 13.8 Å². The summed E-state index contributed by atoms with van der Waals surface area (Å²) in [4.78, 5) is 23.8. The Kier molecular flexibility index (Phi) is 5.74. The van der Waals surface area contributed by atoms with Crippen molar-refractivity contribution in [1.29, 1.82) is 0 Å². The van der Waals surface area contributed by atoms with Crippen LogP contribution in [0.15, 0.2) is 29.2 Å². The standard InChI is InChI=1S/C21H25NO6/c1-12(2)16-7-13-8-20(28-6-5-26-3)19(27-4)9-14(13)17-10-18(23)15(21(24)25)11-22(16)17/h8-12,16H,5-7H2,1-4H3,(H,24,25). The predicted molar refractivity (Wildman–Crippen MR) is 105 cm³/mol. The van der Waals surface area contributed by atoms with Crippen LogP contribution in [0, 0.1) is 5.92 Å². The number of rotatable bonds is 7. The van der Waals surface area contributed by atoms with Crippen molar-refractivity contribution in [3.63, 3.8) is 0 Å². The lowest BCUT2D eigenvalue weighted by molar-refractivity contribution is 0.0694. The van der Waals surface area contributed by atoms with Crippen LogP contribution < -0.4 is 14.9 Å². The van der Waals surface area contributed by atoms with Crippen LogP contribution in [0.4, 0.5) is 0 Å². The summed E-state index contributed by atoms with van der Waals surface area (Å²) in [6, 6.07) is 5.22. The minimum atomic E-state index is -1.21. The molecule has 0 saturated heterocycles. The average molecular weight is 387 g/mol. The molecule has 2 heterocycles. The first-order chi connectivity index (χ1) is 13.4. The van der Waals surface area contributed by atoms with E-state index in [1.165, 1.54) is 12.3 Å². The van der Waals surface area contributed by atoms with Crippen LogP contribution in [-0.4, -0.2) is 43.1 Å². The monoisotopic (exact) mass is 387 g/mol. The molecule has 0 fully saturated rings. The summed E-state index contributed by atoms with van der Waals surface area (Å²) in [6.45, 7) is 5.03. The highest BCUT2D eigenvalue weighted by Gasteiger charge is 2.29. The molecule has 1 atom stereocenters. The van der Waals surface area contributed by atoms with Gasteiger partial charge in [0.1, 0.15) is 12.2 Å². The van der Waals surface area contributed by atoms with E-state index in [4.69, 9.17) is 14.2 Å². The Labute approximate surface area is 163 Å². The average Bonchev–Trinajstić information content (AvgIpc) is 2.66. The van der Waals surface area contributed by atoms with Gasteiger partial charge in [0.15, 0.2) is 16.9 Å². The van der Waals surface area contributed by atoms with Crippen molar-refractivity contribution in [2.45, 2.75) is 26.3 Å². The fraction of sp³-hybridized carbons (Fsp3) is 0.429. The molecule has 150 valence electrons. The second-order valence-electron chi connectivity index (χ2n) is 7.17. The first-order valence-electron chi connectivity index (χ1n) is 9.19. The van der Waals surface area contributed by atoms with Crippen LogP contribution in [0.2, 0.25) is 0 Å². The first-order valence-corrected chi connectivity index (χ1v) is 9.19. The van der Waals surface area contributed by atoms with Gasteiger partial charge in [0.2, 0.25) is 0 Å². The quantitative estimate of drug-likeness (QED) is 0.735. The van der Waals surface area contributed by atoms with Crippen LogP contribution in [0.25, 0.3) is 11.3 Å². The Morgan fingerprint density at radius 2 is 1.96 bits per heavy atom. The van der Waals surface area contributed by atoms with Gasteiger partial charge in [0, 0.05) is 31.0 Å². The van der Waals surface area contributed by atoms with E-state index in [1.54, 1.807) is 14.2 Å². The van der Waals surface area contributed by atoms with Crippen molar-refractivity contribution < 1.29 is 24.1 Å². The molecule has 28 heavy (non-hydrogen) atoms. The molecule has 3 rings (SSSR count). The van der Waals surface area contributed by atoms with Crippen molar-refractivity contribution in [2.75, 3.05) is 27.4 Å². The molecule has 0 amide bonds. The van der Waals surface area contributed by atoms with E-state index in [1.807, 2.05) is 16.7 Å². The maximum Gasteiger partial charge on any atom is 0.341 e. The number of hydrogen-bond donors (Lipinski definition) is 1. The van der Waals surface area contributed by atoms with Crippen molar-refractivity contribution in [2.24, 2.45) is 5.92 Å². The lowest BCUT2D eigenvalue weighted by Gasteiger charge is -2.33. The number of carboxylic acid groups (broad SMARTS) is 1. The third kappa shape index (κ3) is 3.62. The summed E-state index contributed by atoms with van der Waals surface area (Å²) >= 11 is 0. The number of fused-ring (bicyclic) bond motifs is 3. The molecule has 1 aromatic heterocycles. The molecule has 0 radical (unpaired) electrons. The van der Waals surface area contributed by atoms with Gasteiger partial charge in [-0.3, -0.25) is 4.79 Å². The van der Waals surface area contributed by atoms with Gasteiger partial charge in [-0.15, -0.1) is 0 Å². The maximum atomic E-state index is 12.4. The summed E-state index contributed by atoms with van der Waals surface area (Å²) in [6.07, 6.45) is 2.16. The van der Waals surface area contributed by atoms with Gasteiger partial charge in [0.05, 0.1) is 19.4 Å². The largest absolute Gasteiger partial charge is 0.493 e. The van der Waals surface area contributed by atoms with E-state index < -0.39 is 11.4 Å². The fourth-order valence-electron chi connectivity index (χ4n) is 3.60. The third-order valence-corrected chi connectivity index (χ3v) is 5.08. The summed E-state index contributed by atoms with van der Waals surface area (Å²) in [5.41, 5.74) is 1.85. The van der Waals surface area contributed by atoms with Gasteiger partial charge < -0.3 is 23.9 Å². The lowest BCUT2D eigenvalue weighted by atomic mass is 9.87. The molecule has 1 N–H and O–H groups in total. The highest BCUT2D eigenvalue weighted by Crippen LogP contribution is 2.42. The highest BCUT2D eigenvalue weighted by atomic mass is 16.5. The van der Waals surface area contributed by atoms with E-state index in [2.05, 4.69) is 13.8 Å². The number of ether oxygens (including phenoxy) is 3. The Morgan fingerprint density at radius 3 is 2.57 bits per heavy atom. The topological polar surface area (TPSA) is 87.0 Å². The Bertz CT molecular complexity index is 947. The number of methoxy groups -OCH3 is 2. The molecule has 0 saturated carbocycles. The Morgan fingerprint density at radius 1 is 1.21 bits per heavy atom. The number of carboxylic acids is 1. The number of hydrogen-bond acceptors (Lipinski definition) is 5. The lowest BCUT2D eigenvalue weighted by Crippen LogP contribution is -2.28. The number of aromatic carboxylic acids is 1. The predicted octanol–water partition coefficient (Wildman–Crippen LogP) is 3.00.